The van der Waals surface area contributed by atoms with E-state index in [1.165, 1.54) is 0 Å². The van der Waals surface area contributed by atoms with Crippen molar-refractivity contribution in [1.29, 1.82) is 0 Å². The fraction of sp³-hybridized carbons (Fsp3) is 0.545. The number of rotatable bonds is 3. The SMILES string of the molecule is CCCCn1ncc2c(=O)n3c(nc21)SCC3. The summed E-state index contributed by atoms with van der Waals surface area (Å²) in [7, 11) is 0. The van der Waals surface area contributed by atoms with Crippen LogP contribution in [0.5, 0.6) is 0 Å². The van der Waals surface area contributed by atoms with Gasteiger partial charge in [-0.3, -0.25) is 9.36 Å². The first kappa shape index (κ1) is 10.8. The standard InChI is InChI=1S/C11H14N4OS/c1-2-3-4-15-9-8(7-12-15)10(16)14-5-6-17-11(14)13-9/h7H,2-6H2,1H3. The maximum absolute atomic E-state index is 12.2. The van der Waals surface area contributed by atoms with Crippen molar-refractivity contribution in [3.05, 3.63) is 16.6 Å². The van der Waals surface area contributed by atoms with Gasteiger partial charge in [0, 0.05) is 18.8 Å². The van der Waals surface area contributed by atoms with Crippen LogP contribution in [0.1, 0.15) is 19.8 Å². The lowest BCUT2D eigenvalue weighted by Gasteiger charge is -2.03. The molecule has 5 nitrogen and oxygen atoms in total. The molecule has 0 saturated carbocycles. The van der Waals surface area contributed by atoms with Crippen LogP contribution in [0.4, 0.5) is 0 Å². The normalized spacial score (nSPS) is 14.4. The van der Waals surface area contributed by atoms with Crippen LogP contribution < -0.4 is 5.56 Å². The molecular formula is C11H14N4OS. The quantitative estimate of drug-likeness (QED) is 0.775. The minimum atomic E-state index is 0.0535. The van der Waals surface area contributed by atoms with Crippen LogP contribution >= 0.6 is 11.8 Å². The summed E-state index contributed by atoms with van der Waals surface area (Å²) in [6.45, 7) is 3.74. The van der Waals surface area contributed by atoms with Crippen molar-refractivity contribution in [3.8, 4) is 0 Å². The third kappa shape index (κ3) is 1.67. The molecule has 3 rings (SSSR count). The van der Waals surface area contributed by atoms with Crippen molar-refractivity contribution >= 4 is 22.8 Å². The predicted octanol–water partition coefficient (Wildman–Crippen LogP) is 1.50. The Kier molecular flexibility index (Phi) is 2.66. The number of aryl methyl sites for hydroxylation is 1. The average Bonchev–Trinajstić information content (AvgIpc) is 2.93. The van der Waals surface area contributed by atoms with E-state index in [4.69, 9.17) is 0 Å². The molecule has 2 aromatic rings. The van der Waals surface area contributed by atoms with Gasteiger partial charge in [-0.1, -0.05) is 25.1 Å². The molecule has 0 fully saturated rings. The van der Waals surface area contributed by atoms with Crippen LogP contribution in [-0.2, 0) is 13.1 Å². The molecule has 0 N–H and O–H groups in total. The lowest BCUT2D eigenvalue weighted by molar-refractivity contribution is 0.578. The Balaban J connectivity index is 2.16. The Morgan fingerprint density at radius 3 is 3.24 bits per heavy atom. The Hall–Kier alpha value is -1.30. The van der Waals surface area contributed by atoms with Gasteiger partial charge >= 0.3 is 0 Å². The Morgan fingerprint density at radius 1 is 1.53 bits per heavy atom. The number of unbranched alkanes of at least 4 members (excludes halogenated alkanes) is 1. The molecule has 0 saturated heterocycles. The second-order valence-electron chi connectivity index (χ2n) is 4.16. The van der Waals surface area contributed by atoms with Crippen LogP contribution in [0.2, 0.25) is 0 Å². The van der Waals surface area contributed by atoms with Gasteiger partial charge in [-0.2, -0.15) is 5.10 Å². The summed E-state index contributed by atoms with van der Waals surface area (Å²) in [6.07, 6.45) is 3.82. The third-order valence-electron chi connectivity index (χ3n) is 2.99. The summed E-state index contributed by atoms with van der Waals surface area (Å²) in [4.78, 5) is 16.7. The highest BCUT2D eigenvalue weighted by Crippen LogP contribution is 2.23. The number of hydrogen-bond donors (Lipinski definition) is 0. The molecule has 0 spiro atoms. The van der Waals surface area contributed by atoms with E-state index in [9.17, 15) is 4.79 Å². The minimum absolute atomic E-state index is 0.0535. The van der Waals surface area contributed by atoms with Crippen molar-refractivity contribution in [2.45, 2.75) is 38.0 Å². The largest absolute Gasteiger partial charge is 0.286 e. The van der Waals surface area contributed by atoms with Gasteiger partial charge in [0.25, 0.3) is 5.56 Å². The lowest BCUT2D eigenvalue weighted by Crippen LogP contribution is -2.20. The fourth-order valence-corrected chi connectivity index (χ4v) is 2.98. The van der Waals surface area contributed by atoms with E-state index < -0.39 is 0 Å². The average molecular weight is 250 g/mol. The molecule has 0 aromatic carbocycles. The first-order chi connectivity index (χ1) is 8.31. The van der Waals surface area contributed by atoms with Crippen LogP contribution in [0, 0.1) is 0 Å². The van der Waals surface area contributed by atoms with E-state index in [0.29, 0.717) is 5.39 Å². The summed E-state index contributed by atoms with van der Waals surface area (Å²) in [6, 6.07) is 0. The Morgan fingerprint density at radius 2 is 2.41 bits per heavy atom. The van der Waals surface area contributed by atoms with E-state index in [-0.39, 0.29) is 5.56 Å². The van der Waals surface area contributed by atoms with Gasteiger partial charge in [0.1, 0.15) is 5.39 Å². The number of hydrogen-bond acceptors (Lipinski definition) is 4. The molecule has 0 bridgehead atoms. The molecule has 17 heavy (non-hydrogen) atoms. The summed E-state index contributed by atoms with van der Waals surface area (Å²) in [5.74, 6) is 0.942. The highest BCUT2D eigenvalue weighted by Gasteiger charge is 2.18. The van der Waals surface area contributed by atoms with Crippen LogP contribution in [0.15, 0.2) is 16.1 Å². The minimum Gasteiger partial charge on any atom is -0.286 e. The van der Waals surface area contributed by atoms with Gasteiger partial charge in [-0.25, -0.2) is 9.67 Å². The van der Waals surface area contributed by atoms with E-state index >= 15 is 0 Å². The number of nitrogens with zero attached hydrogens (tertiary/aromatic N) is 4. The predicted molar refractivity (Wildman–Crippen MR) is 67.4 cm³/mol. The Labute approximate surface area is 103 Å². The maximum Gasteiger partial charge on any atom is 0.265 e. The van der Waals surface area contributed by atoms with Gasteiger partial charge in [0.05, 0.1) is 6.20 Å². The van der Waals surface area contributed by atoms with Crippen molar-refractivity contribution < 1.29 is 0 Å². The first-order valence-electron chi connectivity index (χ1n) is 5.90. The second kappa shape index (κ2) is 4.18. The molecule has 90 valence electrons. The van der Waals surface area contributed by atoms with Crippen molar-refractivity contribution in [3.63, 3.8) is 0 Å². The lowest BCUT2D eigenvalue weighted by atomic mass is 10.3. The van der Waals surface area contributed by atoms with Crippen LogP contribution in [-0.4, -0.2) is 25.1 Å². The van der Waals surface area contributed by atoms with Gasteiger partial charge in [0.15, 0.2) is 10.8 Å². The van der Waals surface area contributed by atoms with Gasteiger partial charge in [0.2, 0.25) is 0 Å². The van der Waals surface area contributed by atoms with E-state index in [1.807, 2.05) is 4.68 Å². The molecule has 1 aliphatic heterocycles. The molecule has 1 aliphatic rings. The number of fused-ring (bicyclic) bond motifs is 2. The highest BCUT2D eigenvalue weighted by atomic mass is 32.2. The zero-order valence-electron chi connectivity index (χ0n) is 9.72. The first-order valence-corrected chi connectivity index (χ1v) is 6.89. The molecular weight excluding hydrogens is 236 g/mol. The second-order valence-corrected chi connectivity index (χ2v) is 5.22. The fourth-order valence-electron chi connectivity index (χ4n) is 2.04. The van der Waals surface area contributed by atoms with Crippen molar-refractivity contribution in [2.75, 3.05) is 5.75 Å². The molecule has 0 aliphatic carbocycles. The molecule has 0 radical (unpaired) electrons. The molecule has 0 atom stereocenters. The Bertz CT molecular complexity index is 616. The number of thioether (sulfide) groups is 1. The number of aromatic nitrogens is 4. The van der Waals surface area contributed by atoms with Crippen molar-refractivity contribution in [2.24, 2.45) is 0 Å². The summed E-state index contributed by atoms with van der Waals surface area (Å²) in [5.41, 5.74) is 0.793. The smallest absolute Gasteiger partial charge is 0.265 e. The maximum atomic E-state index is 12.2. The zero-order chi connectivity index (χ0) is 11.8. The van der Waals surface area contributed by atoms with Gasteiger partial charge < -0.3 is 0 Å². The molecule has 0 amide bonds. The topological polar surface area (TPSA) is 52.7 Å². The molecule has 0 unspecified atom stereocenters. The molecule has 2 aromatic heterocycles. The third-order valence-corrected chi connectivity index (χ3v) is 3.95. The zero-order valence-corrected chi connectivity index (χ0v) is 10.5. The van der Waals surface area contributed by atoms with Gasteiger partial charge in [-0.05, 0) is 6.42 Å². The summed E-state index contributed by atoms with van der Waals surface area (Å²) < 4.78 is 3.60. The van der Waals surface area contributed by atoms with E-state index in [1.54, 1.807) is 22.5 Å². The van der Waals surface area contributed by atoms with Crippen molar-refractivity contribution in [1.82, 2.24) is 19.3 Å². The van der Waals surface area contributed by atoms with E-state index in [2.05, 4.69) is 17.0 Å². The highest BCUT2D eigenvalue weighted by molar-refractivity contribution is 7.99. The van der Waals surface area contributed by atoms with Gasteiger partial charge in [-0.15, -0.1) is 0 Å². The summed E-state index contributed by atoms with van der Waals surface area (Å²) in [5, 5.41) is 5.75. The van der Waals surface area contributed by atoms with Crippen LogP contribution in [0.3, 0.4) is 0 Å². The molecule has 6 heteroatoms. The summed E-state index contributed by atoms with van der Waals surface area (Å²) >= 11 is 1.64. The monoisotopic (exact) mass is 250 g/mol. The molecule has 3 heterocycles. The van der Waals surface area contributed by atoms with E-state index in [0.717, 1.165) is 42.5 Å². The van der Waals surface area contributed by atoms with Crippen LogP contribution in [0.25, 0.3) is 11.0 Å².